The zero-order chi connectivity index (χ0) is 9.26. The summed E-state index contributed by atoms with van der Waals surface area (Å²) in [6.45, 7) is 4.55. The van der Waals surface area contributed by atoms with Crippen LogP contribution in [0, 0.1) is 5.92 Å². The molecule has 1 aromatic rings. The molecule has 2 unspecified atom stereocenters. The van der Waals surface area contributed by atoms with Crippen molar-refractivity contribution < 1.29 is 0 Å². The fourth-order valence-corrected chi connectivity index (χ4v) is 2.86. The van der Waals surface area contributed by atoms with E-state index < -0.39 is 0 Å². The Morgan fingerprint density at radius 3 is 3.15 bits per heavy atom. The Morgan fingerprint density at radius 2 is 2.54 bits per heavy atom. The summed E-state index contributed by atoms with van der Waals surface area (Å²) >= 11 is 5.44. The second-order valence-electron chi connectivity index (χ2n) is 3.54. The van der Waals surface area contributed by atoms with Crippen LogP contribution in [0.25, 0.3) is 0 Å². The average Bonchev–Trinajstić information content (AvgIpc) is 2.62. The summed E-state index contributed by atoms with van der Waals surface area (Å²) in [5.74, 6) is 0.788. The van der Waals surface area contributed by atoms with Gasteiger partial charge >= 0.3 is 0 Å². The zero-order valence-corrected chi connectivity index (χ0v) is 10.0. The molecule has 1 aromatic heterocycles. The Labute approximate surface area is 91.1 Å². The summed E-state index contributed by atoms with van der Waals surface area (Å²) < 4.78 is 0. The first-order chi connectivity index (χ1) is 6.27. The number of thiazole rings is 1. The van der Waals surface area contributed by atoms with Gasteiger partial charge in [0.05, 0.1) is 0 Å². The van der Waals surface area contributed by atoms with Crippen molar-refractivity contribution in [2.75, 3.05) is 18.0 Å². The van der Waals surface area contributed by atoms with Crippen LogP contribution in [0.1, 0.15) is 13.3 Å². The van der Waals surface area contributed by atoms with E-state index in [0.717, 1.165) is 24.1 Å². The van der Waals surface area contributed by atoms with Gasteiger partial charge < -0.3 is 4.90 Å². The maximum Gasteiger partial charge on any atom is 0.185 e. The number of rotatable bonds is 1. The van der Waals surface area contributed by atoms with Gasteiger partial charge in [0.15, 0.2) is 5.13 Å². The number of anilines is 1. The number of aromatic nitrogens is 1. The van der Waals surface area contributed by atoms with Gasteiger partial charge in [-0.3, -0.25) is 0 Å². The van der Waals surface area contributed by atoms with E-state index in [1.165, 1.54) is 6.42 Å². The first-order valence-corrected chi connectivity index (χ1v) is 6.35. The van der Waals surface area contributed by atoms with E-state index in [-0.39, 0.29) is 0 Å². The van der Waals surface area contributed by atoms with Crippen molar-refractivity contribution in [1.29, 1.82) is 0 Å². The quantitative estimate of drug-likeness (QED) is 0.723. The molecule has 2 heterocycles. The zero-order valence-electron chi connectivity index (χ0n) is 7.61. The molecule has 0 aliphatic carbocycles. The molecule has 4 heteroatoms. The third kappa shape index (κ3) is 2.05. The van der Waals surface area contributed by atoms with Gasteiger partial charge in [0.25, 0.3) is 0 Å². The van der Waals surface area contributed by atoms with Crippen molar-refractivity contribution in [2.24, 2.45) is 5.92 Å². The number of alkyl halides is 1. The molecule has 0 bridgehead atoms. The Bertz CT molecular complexity index is 263. The number of hydrogen-bond donors (Lipinski definition) is 0. The summed E-state index contributed by atoms with van der Waals surface area (Å²) in [6.07, 6.45) is 3.14. The van der Waals surface area contributed by atoms with Crippen LogP contribution in [0.3, 0.4) is 0 Å². The molecule has 1 aliphatic heterocycles. The maximum absolute atomic E-state index is 4.32. The topological polar surface area (TPSA) is 16.1 Å². The first-order valence-electron chi connectivity index (χ1n) is 4.56. The van der Waals surface area contributed by atoms with Gasteiger partial charge in [-0.25, -0.2) is 4.98 Å². The number of halogens is 1. The van der Waals surface area contributed by atoms with E-state index in [1.807, 2.05) is 11.6 Å². The molecule has 2 nitrogen and oxygen atoms in total. The largest absolute Gasteiger partial charge is 0.347 e. The van der Waals surface area contributed by atoms with Crippen LogP contribution < -0.4 is 4.90 Å². The minimum Gasteiger partial charge on any atom is -0.347 e. The molecule has 1 aliphatic rings. The van der Waals surface area contributed by atoms with Crippen LogP contribution in [0.2, 0.25) is 0 Å². The Kier molecular flexibility index (Phi) is 2.89. The third-order valence-corrected chi connectivity index (χ3v) is 4.58. The molecule has 2 rings (SSSR count). The Balaban J connectivity index is 2.03. The smallest absolute Gasteiger partial charge is 0.185 e. The minimum atomic E-state index is 0.616. The SMILES string of the molecule is CC1CCN(c2nccs2)CC1Br. The number of nitrogens with zero attached hydrogens (tertiary/aromatic N) is 2. The highest BCUT2D eigenvalue weighted by Gasteiger charge is 2.24. The highest BCUT2D eigenvalue weighted by Crippen LogP contribution is 2.28. The lowest BCUT2D eigenvalue weighted by molar-refractivity contribution is 0.456. The van der Waals surface area contributed by atoms with Crippen molar-refractivity contribution in [1.82, 2.24) is 4.98 Å². The van der Waals surface area contributed by atoms with E-state index in [0.29, 0.717) is 4.83 Å². The van der Waals surface area contributed by atoms with Crippen molar-refractivity contribution in [3.05, 3.63) is 11.6 Å². The van der Waals surface area contributed by atoms with Gasteiger partial charge in [-0.05, 0) is 12.3 Å². The lowest BCUT2D eigenvalue weighted by Crippen LogP contribution is -2.40. The van der Waals surface area contributed by atoms with Crippen LogP contribution in [-0.2, 0) is 0 Å². The normalized spacial score (nSPS) is 29.2. The van der Waals surface area contributed by atoms with Gasteiger partial charge in [0.2, 0.25) is 0 Å². The van der Waals surface area contributed by atoms with Gasteiger partial charge in [0.1, 0.15) is 0 Å². The van der Waals surface area contributed by atoms with Crippen molar-refractivity contribution in [3.63, 3.8) is 0 Å². The lowest BCUT2D eigenvalue weighted by Gasteiger charge is -2.33. The van der Waals surface area contributed by atoms with E-state index >= 15 is 0 Å². The molecule has 0 saturated carbocycles. The standard InChI is InChI=1S/C9H13BrN2S/c1-7-2-4-12(6-8(7)10)9-11-3-5-13-9/h3,5,7-8H,2,4,6H2,1H3. The fourth-order valence-electron chi connectivity index (χ4n) is 1.57. The van der Waals surface area contributed by atoms with Crippen LogP contribution in [-0.4, -0.2) is 22.9 Å². The minimum absolute atomic E-state index is 0.616. The fraction of sp³-hybridized carbons (Fsp3) is 0.667. The van der Waals surface area contributed by atoms with Crippen LogP contribution in [0.5, 0.6) is 0 Å². The number of hydrogen-bond acceptors (Lipinski definition) is 3. The monoisotopic (exact) mass is 260 g/mol. The first kappa shape index (κ1) is 9.46. The van der Waals surface area contributed by atoms with Crippen LogP contribution in [0.4, 0.5) is 5.13 Å². The Hall–Kier alpha value is -0.0900. The molecule has 1 saturated heterocycles. The van der Waals surface area contributed by atoms with E-state index in [9.17, 15) is 0 Å². The number of piperidine rings is 1. The second kappa shape index (κ2) is 3.96. The molecule has 0 amide bonds. The average molecular weight is 261 g/mol. The third-order valence-electron chi connectivity index (χ3n) is 2.56. The predicted octanol–water partition coefficient (Wildman–Crippen LogP) is 2.75. The summed E-state index contributed by atoms with van der Waals surface area (Å²) in [6, 6.07) is 0. The van der Waals surface area contributed by atoms with E-state index in [4.69, 9.17) is 0 Å². The molecular formula is C9H13BrN2S. The van der Waals surface area contributed by atoms with E-state index in [2.05, 4.69) is 32.7 Å². The molecule has 1 fully saturated rings. The molecule has 0 radical (unpaired) electrons. The van der Waals surface area contributed by atoms with Crippen molar-refractivity contribution in [2.45, 2.75) is 18.2 Å². The predicted molar refractivity (Wildman–Crippen MR) is 60.8 cm³/mol. The van der Waals surface area contributed by atoms with E-state index in [1.54, 1.807) is 11.3 Å². The highest BCUT2D eigenvalue weighted by atomic mass is 79.9. The maximum atomic E-state index is 4.32. The van der Waals surface area contributed by atoms with Crippen molar-refractivity contribution in [3.8, 4) is 0 Å². The highest BCUT2D eigenvalue weighted by molar-refractivity contribution is 9.09. The molecular weight excluding hydrogens is 248 g/mol. The molecule has 0 spiro atoms. The van der Waals surface area contributed by atoms with Gasteiger partial charge in [-0.15, -0.1) is 11.3 Å². The molecule has 72 valence electrons. The van der Waals surface area contributed by atoms with Gasteiger partial charge in [0, 0.05) is 29.5 Å². The molecule has 13 heavy (non-hydrogen) atoms. The second-order valence-corrected chi connectivity index (χ2v) is 5.59. The Morgan fingerprint density at radius 1 is 1.69 bits per heavy atom. The van der Waals surface area contributed by atoms with Crippen LogP contribution in [0.15, 0.2) is 11.6 Å². The van der Waals surface area contributed by atoms with Crippen LogP contribution >= 0.6 is 27.3 Å². The summed E-state index contributed by atoms with van der Waals surface area (Å²) in [5, 5.41) is 3.20. The molecule has 0 aromatic carbocycles. The van der Waals surface area contributed by atoms with Gasteiger partial charge in [-0.2, -0.15) is 0 Å². The molecule has 2 atom stereocenters. The summed E-state index contributed by atoms with van der Waals surface area (Å²) in [4.78, 5) is 7.30. The van der Waals surface area contributed by atoms with Crippen molar-refractivity contribution >= 4 is 32.4 Å². The summed E-state index contributed by atoms with van der Waals surface area (Å²) in [7, 11) is 0. The van der Waals surface area contributed by atoms with Gasteiger partial charge in [-0.1, -0.05) is 22.9 Å². The molecule has 0 N–H and O–H groups in total. The summed E-state index contributed by atoms with van der Waals surface area (Å²) in [5.41, 5.74) is 0. The lowest BCUT2D eigenvalue weighted by atomic mass is 10.00.